The molecule has 106 valence electrons. The Morgan fingerprint density at radius 1 is 1.40 bits per heavy atom. The minimum Gasteiger partial charge on any atom is -0.478 e. The number of aryl methyl sites for hydroxylation is 1. The van der Waals surface area contributed by atoms with Crippen molar-refractivity contribution in [3.8, 4) is 0 Å². The van der Waals surface area contributed by atoms with E-state index in [9.17, 15) is 18.0 Å². The van der Waals surface area contributed by atoms with Gasteiger partial charge in [-0.1, -0.05) is 11.8 Å². The van der Waals surface area contributed by atoms with Gasteiger partial charge in [0.1, 0.15) is 0 Å². The van der Waals surface area contributed by atoms with Crippen LogP contribution in [0.5, 0.6) is 0 Å². The largest absolute Gasteiger partial charge is 0.478 e. The molecule has 0 aliphatic heterocycles. The van der Waals surface area contributed by atoms with Crippen molar-refractivity contribution in [1.29, 1.82) is 0 Å². The molecule has 0 aliphatic rings. The summed E-state index contributed by atoms with van der Waals surface area (Å²) in [6.07, 6.45) is -1.52. The van der Waals surface area contributed by atoms with Crippen molar-refractivity contribution in [3.05, 3.63) is 41.7 Å². The van der Waals surface area contributed by atoms with E-state index < -0.39 is 23.3 Å². The highest BCUT2D eigenvalue weighted by Gasteiger charge is 2.35. The molecule has 0 fully saturated rings. The van der Waals surface area contributed by atoms with Crippen LogP contribution in [0, 0.1) is 0 Å². The topological polar surface area (TPSA) is 55.1 Å². The van der Waals surface area contributed by atoms with Crippen LogP contribution in [0.15, 0.2) is 40.6 Å². The van der Waals surface area contributed by atoms with Crippen molar-refractivity contribution in [1.82, 2.24) is 9.55 Å². The van der Waals surface area contributed by atoms with Crippen molar-refractivity contribution < 1.29 is 23.1 Å². The standard InChI is InChI=1S/C12H9F3N2O2S/c1-17-5-4-16-11(17)20-7-2-3-8(10(18)19)9(6-7)12(13,14)15/h2-6H,1H3,(H,18,19). The summed E-state index contributed by atoms with van der Waals surface area (Å²) in [6, 6.07) is 3.11. The molecular formula is C12H9F3N2O2S. The molecule has 1 N–H and O–H groups in total. The maximum atomic E-state index is 12.9. The summed E-state index contributed by atoms with van der Waals surface area (Å²) in [6.45, 7) is 0. The summed E-state index contributed by atoms with van der Waals surface area (Å²) in [5, 5.41) is 9.31. The van der Waals surface area contributed by atoms with Crippen LogP contribution in [-0.4, -0.2) is 20.6 Å². The van der Waals surface area contributed by atoms with Crippen LogP contribution in [0.25, 0.3) is 0 Å². The predicted molar refractivity (Wildman–Crippen MR) is 65.7 cm³/mol. The first-order chi connectivity index (χ1) is 9.29. The van der Waals surface area contributed by atoms with E-state index in [0.29, 0.717) is 5.16 Å². The third-order valence-electron chi connectivity index (χ3n) is 2.51. The summed E-state index contributed by atoms with van der Waals surface area (Å²) < 4.78 is 40.2. The van der Waals surface area contributed by atoms with Gasteiger partial charge in [0.05, 0.1) is 11.1 Å². The highest BCUT2D eigenvalue weighted by atomic mass is 32.2. The highest BCUT2D eigenvalue weighted by Crippen LogP contribution is 2.36. The Bertz CT molecular complexity index is 652. The monoisotopic (exact) mass is 302 g/mol. The summed E-state index contributed by atoms with van der Waals surface area (Å²) in [5.41, 5.74) is -1.93. The van der Waals surface area contributed by atoms with Crippen molar-refractivity contribution in [2.45, 2.75) is 16.2 Å². The minimum atomic E-state index is -4.72. The molecule has 0 atom stereocenters. The number of carbonyl (C=O) groups is 1. The van der Waals surface area contributed by atoms with Crippen LogP contribution in [0.2, 0.25) is 0 Å². The van der Waals surface area contributed by atoms with E-state index in [2.05, 4.69) is 4.98 Å². The number of hydrogen-bond donors (Lipinski definition) is 1. The minimum absolute atomic E-state index is 0.275. The Kier molecular flexibility index (Phi) is 3.76. The summed E-state index contributed by atoms with van der Waals surface area (Å²) in [7, 11) is 1.71. The highest BCUT2D eigenvalue weighted by molar-refractivity contribution is 7.99. The molecule has 0 saturated carbocycles. The maximum Gasteiger partial charge on any atom is 0.417 e. The van der Waals surface area contributed by atoms with E-state index in [4.69, 9.17) is 5.11 Å². The molecule has 4 nitrogen and oxygen atoms in total. The summed E-state index contributed by atoms with van der Waals surface area (Å²) in [5.74, 6) is -1.61. The van der Waals surface area contributed by atoms with Crippen LogP contribution in [0.3, 0.4) is 0 Å². The molecule has 0 unspecified atom stereocenters. The molecule has 0 aliphatic carbocycles. The molecule has 8 heteroatoms. The molecule has 0 saturated heterocycles. The fourth-order valence-electron chi connectivity index (χ4n) is 1.56. The first kappa shape index (κ1) is 14.4. The SMILES string of the molecule is Cn1ccnc1Sc1ccc(C(=O)O)c(C(F)(F)F)c1. The molecule has 0 amide bonds. The number of aromatic nitrogens is 2. The van der Waals surface area contributed by atoms with Gasteiger partial charge in [0.25, 0.3) is 0 Å². The second-order valence-corrected chi connectivity index (χ2v) is 4.97. The van der Waals surface area contributed by atoms with Crippen molar-refractivity contribution in [2.24, 2.45) is 7.05 Å². The molecular weight excluding hydrogens is 293 g/mol. The molecule has 0 spiro atoms. The van der Waals surface area contributed by atoms with Crippen LogP contribution in [-0.2, 0) is 13.2 Å². The lowest BCUT2D eigenvalue weighted by Crippen LogP contribution is -2.12. The number of carboxylic acids is 1. The van der Waals surface area contributed by atoms with E-state index >= 15 is 0 Å². The van der Waals surface area contributed by atoms with E-state index in [-0.39, 0.29) is 4.90 Å². The van der Waals surface area contributed by atoms with E-state index in [1.165, 1.54) is 12.3 Å². The Labute approximate surface area is 116 Å². The fourth-order valence-corrected chi connectivity index (χ4v) is 2.41. The Hall–Kier alpha value is -1.96. The Balaban J connectivity index is 2.42. The molecule has 1 aromatic carbocycles. The van der Waals surface area contributed by atoms with Gasteiger partial charge < -0.3 is 9.67 Å². The van der Waals surface area contributed by atoms with Gasteiger partial charge >= 0.3 is 12.1 Å². The lowest BCUT2D eigenvalue weighted by atomic mass is 10.1. The average Bonchev–Trinajstić information content (AvgIpc) is 2.73. The zero-order valence-electron chi connectivity index (χ0n) is 10.2. The zero-order valence-corrected chi connectivity index (χ0v) is 11.0. The second kappa shape index (κ2) is 5.20. The van der Waals surface area contributed by atoms with Gasteiger partial charge in [0.2, 0.25) is 0 Å². The van der Waals surface area contributed by atoms with Crippen LogP contribution in [0.4, 0.5) is 13.2 Å². The number of carboxylic acid groups (broad SMARTS) is 1. The lowest BCUT2D eigenvalue weighted by molar-refractivity contribution is -0.138. The van der Waals surface area contributed by atoms with Gasteiger partial charge in [0.15, 0.2) is 5.16 Å². The lowest BCUT2D eigenvalue weighted by Gasteiger charge is -2.11. The Morgan fingerprint density at radius 3 is 2.60 bits per heavy atom. The van der Waals surface area contributed by atoms with E-state index in [1.807, 2.05) is 0 Å². The number of hydrogen-bond acceptors (Lipinski definition) is 3. The number of halogens is 3. The van der Waals surface area contributed by atoms with Gasteiger partial charge in [-0.05, 0) is 18.2 Å². The fraction of sp³-hybridized carbons (Fsp3) is 0.167. The molecule has 0 bridgehead atoms. The first-order valence-corrected chi connectivity index (χ1v) is 6.20. The predicted octanol–water partition coefficient (Wildman–Crippen LogP) is 3.29. The zero-order chi connectivity index (χ0) is 14.9. The van der Waals surface area contributed by atoms with Gasteiger partial charge in [0, 0.05) is 24.3 Å². The third kappa shape index (κ3) is 2.96. The normalized spacial score (nSPS) is 11.6. The molecule has 0 radical (unpaired) electrons. The number of imidazole rings is 1. The first-order valence-electron chi connectivity index (χ1n) is 5.39. The number of benzene rings is 1. The smallest absolute Gasteiger partial charge is 0.417 e. The summed E-state index contributed by atoms with van der Waals surface area (Å²) >= 11 is 1.03. The molecule has 2 rings (SSSR count). The van der Waals surface area contributed by atoms with Crippen LogP contribution in [0.1, 0.15) is 15.9 Å². The summed E-state index contributed by atoms with van der Waals surface area (Å²) in [4.78, 5) is 15.1. The van der Waals surface area contributed by atoms with E-state index in [0.717, 1.165) is 23.9 Å². The third-order valence-corrected chi connectivity index (χ3v) is 3.58. The second-order valence-electron chi connectivity index (χ2n) is 3.93. The molecule has 1 aromatic heterocycles. The van der Waals surface area contributed by atoms with Crippen molar-refractivity contribution >= 4 is 17.7 Å². The Morgan fingerprint density at radius 2 is 2.10 bits per heavy atom. The van der Waals surface area contributed by atoms with Crippen LogP contribution >= 0.6 is 11.8 Å². The number of aromatic carboxylic acids is 1. The maximum absolute atomic E-state index is 12.9. The average molecular weight is 302 g/mol. The van der Waals surface area contributed by atoms with Crippen molar-refractivity contribution in [2.75, 3.05) is 0 Å². The van der Waals surface area contributed by atoms with Gasteiger partial charge in [-0.2, -0.15) is 13.2 Å². The van der Waals surface area contributed by atoms with Crippen LogP contribution < -0.4 is 0 Å². The number of nitrogens with zero attached hydrogens (tertiary/aromatic N) is 2. The number of rotatable bonds is 3. The number of alkyl halides is 3. The van der Waals surface area contributed by atoms with Gasteiger partial charge in [-0.25, -0.2) is 9.78 Å². The van der Waals surface area contributed by atoms with Crippen molar-refractivity contribution in [3.63, 3.8) is 0 Å². The molecule has 20 heavy (non-hydrogen) atoms. The van der Waals surface area contributed by atoms with Gasteiger partial charge in [-0.15, -0.1) is 0 Å². The van der Waals surface area contributed by atoms with E-state index in [1.54, 1.807) is 17.8 Å². The quantitative estimate of drug-likeness (QED) is 0.945. The van der Waals surface area contributed by atoms with Gasteiger partial charge in [-0.3, -0.25) is 0 Å². The molecule has 2 aromatic rings. The molecule has 1 heterocycles.